The zero-order valence-electron chi connectivity index (χ0n) is 32.1. The minimum Gasteiger partial charge on any atom is -0.508 e. The Labute approximate surface area is 332 Å². The molecule has 0 radical (unpaired) electrons. The first kappa shape index (κ1) is 38.0. The molecule has 5 aliphatic rings. The van der Waals surface area contributed by atoms with Gasteiger partial charge in [-0.3, -0.25) is 19.4 Å². The summed E-state index contributed by atoms with van der Waals surface area (Å²) in [6.45, 7) is 9.29. The summed E-state index contributed by atoms with van der Waals surface area (Å²) in [5, 5.41) is 21.9. The molecule has 4 aliphatic heterocycles. The third-order valence-corrected chi connectivity index (χ3v) is 10.9. The summed E-state index contributed by atoms with van der Waals surface area (Å²) in [7, 11) is 0. The zero-order valence-corrected chi connectivity index (χ0v) is 32.1. The molecule has 4 heterocycles. The Bertz CT molecular complexity index is 1990. The fraction of sp³-hybridized carbons (Fsp3) is 0.395. The van der Waals surface area contributed by atoms with Crippen LogP contribution in [0.5, 0.6) is 34.5 Å². The van der Waals surface area contributed by atoms with Gasteiger partial charge in [-0.25, -0.2) is 0 Å². The van der Waals surface area contributed by atoms with Crippen LogP contribution in [-0.2, 0) is 22.7 Å². The van der Waals surface area contributed by atoms with E-state index in [0.29, 0.717) is 19.4 Å². The Balaban J connectivity index is 0.000000161. The van der Waals surface area contributed by atoms with E-state index in [2.05, 4.69) is 32.1 Å². The lowest BCUT2D eigenvalue weighted by atomic mass is 10.1. The van der Waals surface area contributed by atoms with Gasteiger partial charge in [0.05, 0.1) is 13.1 Å². The second-order valence-corrected chi connectivity index (χ2v) is 15.0. The van der Waals surface area contributed by atoms with Crippen LogP contribution < -0.4 is 29.2 Å². The van der Waals surface area contributed by atoms with E-state index >= 15 is 0 Å². The molecule has 0 atom stereocenters. The summed E-state index contributed by atoms with van der Waals surface area (Å²) in [6, 6.07) is 26.4. The van der Waals surface area contributed by atoms with Crippen LogP contribution in [0.3, 0.4) is 0 Å². The second-order valence-electron chi connectivity index (χ2n) is 15.0. The maximum atomic E-state index is 13.0. The second kappa shape index (κ2) is 17.5. The molecule has 0 unspecified atom stereocenters. The fourth-order valence-electron chi connectivity index (χ4n) is 7.48. The number of rotatable bonds is 11. The Morgan fingerprint density at radius 3 is 1.58 bits per heavy atom. The Morgan fingerprint density at radius 1 is 0.596 bits per heavy atom. The van der Waals surface area contributed by atoms with Crippen LogP contribution in [-0.4, -0.2) is 127 Å². The minimum absolute atomic E-state index is 0.0887. The summed E-state index contributed by atoms with van der Waals surface area (Å²) >= 11 is 0. The lowest BCUT2D eigenvalue weighted by molar-refractivity contribution is -0.132. The van der Waals surface area contributed by atoms with Gasteiger partial charge < -0.3 is 49.2 Å². The molecule has 57 heavy (non-hydrogen) atoms. The summed E-state index contributed by atoms with van der Waals surface area (Å²) in [5.41, 5.74) is 4.21. The van der Waals surface area contributed by atoms with Crippen molar-refractivity contribution in [3.8, 4) is 34.5 Å². The van der Waals surface area contributed by atoms with E-state index in [9.17, 15) is 19.8 Å². The maximum absolute atomic E-state index is 13.0. The smallest absolute Gasteiger partial charge is 0.242 e. The van der Waals surface area contributed by atoms with E-state index in [1.165, 1.54) is 11.1 Å². The average Bonchev–Trinajstić information content (AvgIpc) is 3.78. The van der Waals surface area contributed by atoms with E-state index < -0.39 is 0 Å². The number of carbonyl (C=O) groups is 2. The molecule has 0 aromatic heterocycles. The Kier molecular flexibility index (Phi) is 11.7. The van der Waals surface area contributed by atoms with Crippen molar-refractivity contribution in [3.05, 3.63) is 96.1 Å². The largest absolute Gasteiger partial charge is 0.508 e. The highest BCUT2D eigenvalue weighted by Gasteiger charge is 2.32. The van der Waals surface area contributed by atoms with Crippen LogP contribution in [0.2, 0.25) is 0 Å². The number of nitrogens with zero attached hydrogens (tertiary/aromatic N) is 5. The van der Waals surface area contributed by atoms with Gasteiger partial charge >= 0.3 is 0 Å². The molecule has 0 bridgehead atoms. The first-order valence-corrected chi connectivity index (χ1v) is 19.7. The van der Waals surface area contributed by atoms with Gasteiger partial charge in [0.1, 0.15) is 11.5 Å². The van der Waals surface area contributed by atoms with Crippen molar-refractivity contribution in [1.82, 2.24) is 19.6 Å². The van der Waals surface area contributed by atoms with Crippen LogP contribution in [0.1, 0.15) is 24.0 Å². The number of amides is 2. The molecular formula is C43H50N6O8. The van der Waals surface area contributed by atoms with Crippen molar-refractivity contribution in [1.29, 1.82) is 0 Å². The van der Waals surface area contributed by atoms with Crippen LogP contribution in [0, 0.1) is 0 Å². The Hall–Kier alpha value is -5.86. The SMILES string of the molecule is O=C(CN(c1ccc(O)cc1)C1CC1)N1CCN(Cc2ccc3c(c2)OCO3)CC1.O=C(CNc1ccc(O)cc1)N1CCN(Cc2ccc3c(c2)OCO3)CC1. The molecule has 2 saturated heterocycles. The number of piperazine rings is 2. The van der Waals surface area contributed by atoms with Gasteiger partial charge in [0.25, 0.3) is 0 Å². The van der Waals surface area contributed by atoms with Crippen molar-refractivity contribution in [2.45, 2.75) is 32.0 Å². The lowest BCUT2D eigenvalue weighted by Gasteiger charge is -2.36. The zero-order chi connectivity index (χ0) is 39.1. The number of carbonyl (C=O) groups excluding carboxylic acids is 2. The first-order chi connectivity index (χ1) is 27.8. The van der Waals surface area contributed by atoms with Crippen molar-refractivity contribution in [3.63, 3.8) is 0 Å². The molecule has 14 heteroatoms. The van der Waals surface area contributed by atoms with Gasteiger partial charge in [0.2, 0.25) is 25.4 Å². The number of phenolic OH excluding ortho intramolecular Hbond substituents is 2. The summed E-state index contributed by atoms with van der Waals surface area (Å²) in [4.78, 5) is 36.1. The topological polar surface area (TPSA) is 140 Å². The minimum atomic E-state index is 0.0887. The number of hydrogen-bond donors (Lipinski definition) is 3. The van der Waals surface area contributed by atoms with Crippen LogP contribution in [0.4, 0.5) is 11.4 Å². The third-order valence-electron chi connectivity index (χ3n) is 10.9. The van der Waals surface area contributed by atoms with Crippen molar-refractivity contribution in [2.24, 2.45) is 0 Å². The first-order valence-electron chi connectivity index (χ1n) is 19.7. The van der Waals surface area contributed by atoms with E-state index in [4.69, 9.17) is 18.9 Å². The number of ether oxygens (including phenoxy) is 4. The lowest BCUT2D eigenvalue weighted by Crippen LogP contribution is -2.51. The highest BCUT2D eigenvalue weighted by molar-refractivity contribution is 5.82. The number of phenols is 2. The molecule has 9 rings (SSSR count). The molecule has 4 aromatic rings. The molecule has 14 nitrogen and oxygen atoms in total. The van der Waals surface area contributed by atoms with Gasteiger partial charge in [-0.2, -0.15) is 0 Å². The van der Waals surface area contributed by atoms with Crippen molar-refractivity contribution >= 4 is 23.2 Å². The predicted molar refractivity (Wildman–Crippen MR) is 214 cm³/mol. The summed E-state index contributed by atoms with van der Waals surface area (Å²) < 4.78 is 21.6. The predicted octanol–water partition coefficient (Wildman–Crippen LogP) is 4.31. The normalized spacial score (nSPS) is 17.5. The molecule has 300 valence electrons. The molecule has 4 aromatic carbocycles. The monoisotopic (exact) mass is 778 g/mol. The number of benzene rings is 4. The standard InChI is InChI=1S/C23H27N3O4.C20H23N3O4/c27-20-6-4-19(5-7-20)26(18-2-3-18)15-23(28)25-11-9-24(10-12-25)14-17-1-8-21-22(13-17)30-16-29-21;24-17-4-2-16(3-5-17)21-12-20(25)23-9-7-22(8-10-23)13-15-1-6-18-19(11-15)27-14-26-18/h1,4-8,13,18,27H,2-3,9-12,14-16H2;1-6,11,21,24H,7-10,12-14H2. The average molecular weight is 779 g/mol. The molecule has 3 N–H and O–H groups in total. The van der Waals surface area contributed by atoms with Gasteiger partial charge in [-0.1, -0.05) is 12.1 Å². The molecule has 2 amide bonds. The highest BCUT2D eigenvalue weighted by Crippen LogP contribution is 2.35. The fourth-order valence-corrected chi connectivity index (χ4v) is 7.48. The highest BCUT2D eigenvalue weighted by atomic mass is 16.7. The van der Waals surface area contributed by atoms with Crippen LogP contribution in [0.15, 0.2) is 84.9 Å². The molecule has 1 aliphatic carbocycles. The van der Waals surface area contributed by atoms with E-state index in [1.54, 1.807) is 36.4 Å². The van der Waals surface area contributed by atoms with Gasteiger partial charge in [-0.05, 0) is 96.8 Å². The van der Waals surface area contributed by atoms with Gasteiger partial charge in [0.15, 0.2) is 23.0 Å². The van der Waals surface area contributed by atoms with Crippen molar-refractivity contribution < 1.29 is 38.7 Å². The van der Waals surface area contributed by atoms with Crippen LogP contribution >= 0.6 is 0 Å². The number of aromatic hydroxyl groups is 2. The molecule has 0 spiro atoms. The Morgan fingerprint density at radius 2 is 1.07 bits per heavy atom. The maximum Gasteiger partial charge on any atom is 0.242 e. The van der Waals surface area contributed by atoms with Gasteiger partial charge in [-0.15, -0.1) is 0 Å². The molecular weight excluding hydrogens is 729 g/mol. The van der Waals surface area contributed by atoms with E-state index in [-0.39, 0.29) is 36.7 Å². The van der Waals surface area contributed by atoms with Crippen LogP contribution in [0.25, 0.3) is 0 Å². The van der Waals surface area contributed by atoms with Crippen molar-refractivity contribution in [2.75, 3.05) is 89.3 Å². The number of hydrogen-bond acceptors (Lipinski definition) is 12. The third kappa shape index (κ3) is 9.94. The number of fused-ring (bicyclic) bond motifs is 2. The van der Waals surface area contributed by atoms with Gasteiger partial charge in [0, 0.05) is 82.9 Å². The molecule has 1 saturated carbocycles. The number of anilines is 2. The number of nitrogens with one attached hydrogen (secondary N) is 1. The molecule has 3 fully saturated rings. The summed E-state index contributed by atoms with van der Waals surface area (Å²) in [6.07, 6.45) is 2.24. The quantitative estimate of drug-likeness (QED) is 0.187. The van der Waals surface area contributed by atoms with E-state index in [0.717, 1.165) is 113 Å². The summed E-state index contributed by atoms with van der Waals surface area (Å²) in [5.74, 6) is 3.96. The van der Waals surface area contributed by atoms with E-state index in [1.807, 2.05) is 46.2 Å².